The molecule has 84 valence electrons. The van der Waals surface area contributed by atoms with E-state index < -0.39 is 0 Å². The highest BCUT2D eigenvalue weighted by Gasteiger charge is 2.23. The fraction of sp³-hybridized carbons (Fsp3) is 0.500. The molecule has 3 N–H and O–H groups in total. The van der Waals surface area contributed by atoms with E-state index in [0.717, 1.165) is 4.47 Å². The van der Waals surface area contributed by atoms with Crippen LogP contribution in [-0.4, -0.2) is 16.6 Å². The molecule has 0 aliphatic heterocycles. The fourth-order valence-electron chi connectivity index (χ4n) is 0.926. The van der Waals surface area contributed by atoms with Crippen LogP contribution in [0.5, 0.6) is 0 Å². The Hall–Kier alpha value is -0.320. The van der Waals surface area contributed by atoms with E-state index >= 15 is 0 Å². The molecule has 0 bridgehead atoms. The van der Waals surface area contributed by atoms with Gasteiger partial charge in [-0.15, -0.1) is 0 Å². The van der Waals surface area contributed by atoms with Crippen molar-refractivity contribution in [2.75, 3.05) is 5.32 Å². The van der Waals surface area contributed by atoms with E-state index in [1.807, 2.05) is 20.8 Å². The zero-order valence-electron chi connectivity index (χ0n) is 9.01. The Kier molecular flexibility index (Phi) is 3.98. The van der Waals surface area contributed by atoms with E-state index in [9.17, 15) is 0 Å². The second-order valence-corrected chi connectivity index (χ2v) is 5.44. The van der Waals surface area contributed by atoms with E-state index in [-0.39, 0.29) is 11.6 Å². The minimum Gasteiger partial charge on any atom is -0.362 e. The molecule has 0 aromatic carbocycles. The van der Waals surface area contributed by atoms with Crippen molar-refractivity contribution >= 4 is 33.3 Å². The number of nitrogens with zero attached hydrogens (tertiary/aromatic N) is 1. The number of nitrogens with two attached hydrogens (primary N) is 1. The number of hydrogen-bond acceptors (Lipinski definition) is 3. The molecule has 15 heavy (non-hydrogen) atoms. The van der Waals surface area contributed by atoms with E-state index in [2.05, 4.69) is 26.2 Å². The Labute approximate surface area is 104 Å². The molecule has 0 aliphatic rings. The maximum atomic E-state index is 6.04. The largest absolute Gasteiger partial charge is 0.362 e. The Morgan fingerprint density at radius 3 is 2.67 bits per heavy atom. The zero-order chi connectivity index (χ0) is 11.6. The molecule has 1 atom stereocenters. The number of aromatic nitrogens is 1. The van der Waals surface area contributed by atoms with Crippen molar-refractivity contribution in [3.8, 4) is 0 Å². The fourth-order valence-corrected chi connectivity index (χ4v) is 1.60. The van der Waals surface area contributed by atoms with Gasteiger partial charge in [-0.25, -0.2) is 4.98 Å². The first-order valence-electron chi connectivity index (χ1n) is 4.68. The van der Waals surface area contributed by atoms with Crippen LogP contribution in [0, 0.1) is 0 Å². The first-order valence-corrected chi connectivity index (χ1v) is 5.85. The molecule has 0 radical (unpaired) electrons. The van der Waals surface area contributed by atoms with Gasteiger partial charge in [0, 0.05) is 22.3 Å². The van der Waals surface area contributed by atoms with E-state index in [1.165, 1.54) is 0 Å². The molecule has 3 nitrogen and oxygen atoms in total. The van der Waals surface area contributed by atoms with Gasteiger partial charge in [0.15, 0.2) is 0 Å². The average molecular weight is 293 g/mol. The van der Waals surface area contributed by atoms with Crippen LogP contribution >= 0.6 is 27.5 Å². The Morgan fingerprint density at radius 2 is 2.20 bits per heavy atom. The maximum Gasteiger partial charge on any atom is 0.145 e. The van der Waals surface area contributed by atoms with Crippen LogP contribution in [0.15, 0.2) is 16.7 Å². The topological polar surface area (TPSA) is 50.9 Å². The first-order chi connectivity index (χ1) is 6.83. The lowest BCUT2D eigenvalue weighted by atomic mass is 9.97. The van der Waals surface area contributed by atoms with Crippen LogP contribution < -0.4 is 11.1 Å². The van der Waals surface area contributed by atoms with E-state index in [4.69, 9.17) is 17.3 Å². The quantitative estimate of drug-likeness (QED) is 0.900. The standard InChI is InChI=1S/C10H15BrClN3/c1-6(13)10(2,3)15-9-8(12)4-7(11)5-14-9/h4-6H,13H2,1-3H3,(H,14,15). The van der Waals surface area contributed by atoms with Gasteiger partial charge in [-0.2, -0.15) is 0 Å². The number of rotatable bonds is 3. The number of hydrogen-bond donors (Lipinski definition) is 2. The summed E-state index contributed by atoms with van der Waals surface area (Å²) in [6.07, 6.45) is 1.70. The molecule has 1 aromatic rings. The van der Waals surface area contributed by atoms with Gasteiger partial charge in [-0.1, -0.05) is 11.6 Å². The minimum absolute atomic E-state index is 0.000913. The molecule has 1 rings (SSSR count). The second kappa shape index (κ2) is 4.68. The third kappa shape index (κ3) is 3.33. The van der Waals surface area contributed by atoms with Crippen molar-refractivity contribution in [1.29, 1.82) is 0 Å². The number of pyridine rings is 1. The van der Waals surface area contributed by atoms with Gasteiger partial charge < -0.3 is 11.1 Å². The van der Waals surface area contributed by atoms with E-state index in [0.29, 0.717) is 10.8 Å². The van der Waals surface area contributed by atoms with Gasteiger partial charge in [0.1, 0.15) is 5.82 Å². The second-order valence-electron chi connectivity index (χ2n) is 4.12. The summed E-state index contributed by atoms with van der Waals surface area (Å²) < 4.78 is 0.858. The number of anilines is 1. The molecule has 5 heteroatoms. The number of halogens is 2. The molecule has 0 spiro atoms. The molecule has 0 amide bonds. The zero-order valence-corrected chi connectivity index (χ0v) is 11.4. The molecule has 0 saturated heterocycles. The van der Waals surface area contributed by atoms with Crippen molar-refractivity contribution in [3.05, 3.63) is 21.8 Å². The first kappa shape index (κ1) is 12.7. The summed E-state index contributed by atoms with van der Waals surface area (Å²) in [5.74, 6) is 0.655. The predicted octanol–water partition coefficient (Wildman–Crippen LogP) is 3.04. The van der Waals surface area contributed by atoms with Crippen LogP contribution in [0.25, 0.3) is 0 Å². The van der Waals surface area contributed by atoms with Crippen molar-refractivity contribution in [1.82, 2.24) is 4.98 Å². The molecule has 0 aliphatic carbocycles. The van der Waals surface area contributed by atoms with Crippen molar-refractivity contribution in [3.63, 3.8) is 0 Å². The average Bonchev–Trinajstić information content (AvgIpc) is 2.09. The van der Waals surface area contributed by atoms with Gasteiger partial charge in [-0.05, 0) is 42.8 Å². The summed E-state index contributed by atoms with van der Waals surface area (Å²) in [4.78, 5) is 4.20. The SMILES string of the molecule is CC(N)C(C)(C)Nc1ncc(Br)cc1Cl. The van der Waals surface area contributed by atoms with Crippen LogP contribution in [-0.2, 0) is 0 Å². The van der Waals surface area contributed by atoms with Crippen LogP contribution in [0.3, 0.4) is 0 Å². The smallest absolute Gasteiger partial charge is 0.145 e. The van der Waals surface area contributed by atoms with Gasteiger partial charge >= 0.3 is 0 Å². The summed E-state index contributed by atoms with van der Waals surface area (Å²) in [6, 6.07) is 1.80. The predicted molar refractivity (Wildman–Crippen MR) is 68.3 cm³/mol. The van der Waals surface area contributed by atoms with Crippen LogP contribution in [0.2, 0.25) is 5.02 Å². The number of nitrogens with one attached hydrogen (secondary N) is 1. The van der Waals surface area contributed by atoms with Crippen molar-refractivity contribution in [2.24, 2.45) is 5.73 Å². The highest BCUT2D eigenvalue weighted by Crippen LogP contribution is 2.26. The molecule has 1 unspecified atom stereocenters. The summed E-state index contributed by atoms with van der Waals surface area (Å²) in [7, 11) is 0. The normalized spacial score (nSPS) is 13.7. The van der Waals surface area contributed by atoms with E-state index in [1.54, 1.807) is 12.3 Å². The van der Waals surface area contributed by atoms with Crippen molar-refractivity contribution < 1.29 is 0 Å². The summed E-state index contributed by atoms with van der Waals surface area (Å²) in [5, 5.41) is 3.81. The Bertz CT molecular complexity index is 353. The Morgan fingerprint density at radius 1 is 1.60 bits per heavy atom. The highest BCUT2D eigenvalue weighted by atomic mass is 79.9. The lowest BCUT2D eigenvalue weighted by Crippen LogP contribution is -2.47. The monoisotopic (exact) mass is 291 g/mol. The molecule has 1 aromatic heterocycles. The van der Waals surface area contributed by atoms with Gasteiger partial charge in [0.25, 0.3) is 0 Å². The van der Waals surface area contributed by atoms with Gasteiger partial charge in [0.05, 0.1) is 5.02 Å². The third-order valence-corrected chi connectivity index (χ3v) is 3.11. The highest BCUT2D eigenvalue weighted by molar-refractivity contribution is 9.10. The lowest BCUT2D eigenvalue weighted by molar-refractivity contribution is 0.469. The maximum absolute atomic E-state index is 6.04. The van der Waals surface area contributed by atoms with Gasteiger partial charge in [0.2, 0.25) is 0 Å². The molecular formula is C10H15BrClN3. The lowest BCUT2D eigenvalue weighted by Gasteiger charge is -2.31. The Balaban J connectivity index is 2.90. The summed E-state index contributed by atoms with van der Waals surface area (Å²) in [6.45, 7) is 5.97. The van der Waals surface area contributed by atoms with Gasteiger partial charge in [-0.3, -0.25) is 0 Å². The summed E-state index contributed by atoms with van der Waals surface area (Å²) >= 11 is 9.35. The minimum atomic E-state index is -0.246. The molecule has 0 saturated carbocycles. The van der Waals surface area contributed by atoms with Crippen LogP contribution in [0.1, 0.15) is 20.8 Å². The molecule has 1 heterocycles. The summed E-state index contributed by atoms with van der Waals surface area (Å²) in [5.41, 5.74) is 5.61. The third-order valence-electron chi connectivity index (χ3n) is 2.39. The van der Waals surface area contributed by atoms with Crippen molar-refractivity contribution in [2.45, 2.75) is 32.4 Å². The molecular weight excluding hydrogens is 277 g/mol. The van der Waals surface area contributed by atoms with Crippen LogP contribution in [0.4, 0.5) is 5.82 Å². The molecule has 0 fully saturated rings.